The number of H-pyrrole nitrogens is 1. The van der Waals surface area contributed by atoms with Crippen molar-refractivity contribution >= 4 is 17.4 Å². The summed E-state index contributed by atoms with van der Waals surface area (Å²) < 4.78 is 0. The Morgan fingerprint density at radius 1 is 1.05 bits per heavy atom. The quantitative estimate of drug-likeness (QED) is 0.726. The van der Waals surface area contributed by atoms with Crippen LogP contribution in [0.15, 0.2) is 42.5 Å². The predicted molar refractivity (Wildman–Crippen MR) is 88.4 cm³/mol. The van der Waals surface area contributed by atoms with Gasteiger partial charge in [0.2, 0.25) is 0 Å². The van der Waals surface area contributed by atoms with Crippen LogP contribution in [0.2, 0.25) is 5.02 Å². The van der Waals surface area contributed by atoms with Gasteiger partial charge in [-0.3, -0.25) is 5.10 Å². The molecule has 3 N–H and O–H groups in total. The summed E-state index contributed by atoms with van der Waals surface area (Å²) in [7, 11) is 0. The van der Waals surface area contributed by atoms with Crippen molar-refractivity contribution in [1.82, 2.24) is 10.2 Å². The third-order valence-electron chi connectivity index (χ3n) is 3.73. The molecule has 21 heavy (non-hydrogen) atoms. The van der Waals surface area contributed by atoms with E-state index in [9.17, 15) is 0 Å². The first-order valence-corrected chi connectivity index (χ1v) is 7.12. The Morgan fingerprint density at radius 3 is 2.52 bits per heavy atom. The average molecular weight is 298 g/mol. The fraction of sp³-hybridized carbons (Fsp3) is 0.118. The maximum Gasteiger partial charge on any atom is 0.153 e. The molecule has 3 rings (SSSR count). The Balaban J connectivity index is 2.22. The molecule has 0 saturated carbocycles. The lowest BCUT2D eigenvalue weighted by atomic mass is 9.98. The number of aromatic nitrogens is 2. The van der Waals surface area contributed by atoms with Gasteiger partial charge in [0, 0.05) is 16.1 Å². The molecule has 0 bridgehead atoms. The average Bonchev–Trinajstić information content (AvgIpc) is 2.84. The summed E-state index contributed by atoms with van der Waals surface area (Å²) >= 11 is 6.31. The van der Waals surface area contributed by atoms with Crippen molar-refractivity contribution in [2.45, 2.75) is 13.8 Å². The van der Waals surface area contributed by atoms with Crippen molar-refractivity contribution < 1.29 is 0 Å². The topological polar surface area (TPSA) is 54.7 Å². The van der Waals surface area contributed by atoms with E-state index >= 15 is 0 Å². The van der Waals surface area contributed by atoms with Crippen molar-refractivity contribution in [1.29, 1.82) is 0 Å². The lowest BCUT2D eigenvalue weighted by Crippen LogP contribution is -1.90. The Kier molecular flexibility index (Phi) is 3.43. The Hall–Kier alpha value is -2.26. The maximum atomic E-state index is 6.31. The van der Waals surface area contributed by atoms with Crippen molar-refractivity contribution in [3.8, 4) is 22.4 Å². The minimum Gasteiger partial charge on any atom is -0.382 e. The van der Waals surface area contributed by atoms with Gasteiger partial charge in [0.15, 0.2) is 5.82 Å². The number of anilines is 1. The van der Waals surface area contributed by atoms with Crippen LogP contribution in [0.1, 0.15) is 11.1 Å². The second-order valence-corrected chi connectivity index (χ2v) is 5.54. The molecule has 3 aromatic rings. The van der Waals surface area contributed by atoms with Crippen LogP contribution in [0.4, 0.5) is 5.82 Å². The first kappa shape index (κ1) is 13.7. The van der Waals surface area contributed by atoms with Crippen LogP contribution in [0.25, 0.3) is 22.4 Å². The molecule has 0 aliphatic carbocycles. The van der Waals surface area contributed by atoms with Gasteiger partial charge in [0.05, 0.1) is 11.3 Å². The van der Waals surface area contributed by atoms with E-state index in [1.807, 2.05) is 24.3 Å². The molecule has 1 heterocycles. The second-order valence-electron chi connectivity index (χ2n) is 5.14. The van der Waals surface area contributed by atoms with Crippen molar-refractivity contribution in [3.63, 3.8) is 0 Å². The van der Waals surface area contributed by atoms with Gasteiger partial charge >= 0.3 is 0 Å². The van der Waals surface area contributed by atoms with E-state index in [1.54, 1.807) is 0 Å². The van der Waals surface area contributed by atoms with Gasteiger partial charge in [-0.15, -0.1) is 0 Å². The highest BCUT2D eigenvalue weighted by atomic mass is 35.5. The van der Waals surface area contributed by atoms with Gasteiger partial charge in [-0.25, -0.2) is 0 Å². The molecule has 0 aliphatic rings. The third kappa shape index (κ3) is 2.41. The van der Waals surface area contributed by atoms with E-state index in [2.05, 4.69) is 42.2 Å². The molecular weight excluding hydrogens is 282 g/mol. The highest BCUT2D eigenvalue weighted by Gasteiger charge is 2.17. The number of aromatic amines is 1. The lowest BCUT2D eigenvalue weighted by molar-refractivity contribution is 1.10. The van der Waals surface area contributed by atoms with Crippen LogP contribution < -0.4 is 5.73 Å². The smallest absolute Gasteiger partial charge is 0.153 e. The summed E-state index contributed by atoms with van der Waals surface area (Å²) in [6.45, 7) is 4.18. The van der Waals surface area contributed by atoms with E-state index in [-0.39, 0.29) is 0 Å². The van der Waals surface area contributed by atoms with Gasteiger partial charge in [0.25, 0.3) is 0 Å². The molecule has 0 radical (unpaired) electrons. The number of rotatable bonds is 2. The highest BCUT2D eigenvalue weighted by Crippen LogP contribution is 2.38. The maximum absolute atomic E-state index is 6.31. The Morgan fingerprint density at radius 2 is 1.81 bits per heavy atom. The molecule has 1 aromatic heterocycles. The minimum absolute atomic E-state index is 0.455. The molecule has 0 spiro atoms. The standard InChI is InChI=1S/C17H16ClN3/c1-10-7-8-12(9-11(10)2)16-15(17(19)21-20-16)13-5-3-4-6-14(13)18/h3-9H,1-2H3,(H3,19,20,21). The van der Waals surface area contributed by atoms with Crippen LogP contribution in [0, 0.1) is 13.8 Å². The molecule has 0 unspecified atom stereocenters. The fourth-order valence-electron chi connectivity index (χ4n) is 2.40. The molecule has 0 aliphatic heterocycles. The molecule has 106 valence electrons. The van der Waals surface area contributed by atoms with E-state index in [1.165, 1.54) is 11.1 Å². The molecule has 2 aromatic carbocycles. The molecule has 3 nitrogen and oxygen atoms in total. The third-order valence-corrected chi connectivity index (χ3v) is 4.06. The van der Waals surface area contributed by atoms with Crippen LogP contribution in [-0.2, 0) is 0 Å². The minimum atomic E-state index is 0.455. The molecule has 0 fully saturated rings. The lowest BCUT2D eigenvalue weighted by Gasteiger charge is -2.08. The largest absolute Gasteiger partial charge is 0.382 e. The van der Waals surface area contributed by atoms with Crippen LogP contribution in [0.5, 0.6) is 0 Å². The Labute approximate surface area is 128 Å². The number of nitrogens with zero attached hydrogens (tertiary/aromatic N) is 1. The molecular formula is C17H16ClN3. The number of benzene rings is 2. The highest BCUT2D eigenvalue weighted by molar-refractivity contribution is 6.33. The molecule has 4 heteroatoms. The summed E-state index contributed by atoms with van der Waals surface area (Å²) in [5.74, 6) is 0.455. The van der Waals surface area contributed by atoms with Crippen molar-refractivity contribution in [2.75, 3.05) is 5.73 Å². The van der Waals surface area contributed by atoms with Gasteiger partial charge in [-0.1, -0.05) is 41.9 Å². The summed E-state index contributed by atoms with van der Waals surface area (Å²) in [4.78, 5) is 0. The molecule has 0 amide bonds. The first-order chi connectivity index (χ1) is 10.1. The van der Waals surface area contributed by atoms with Crippen LogP contribution >= 0.6 is 11.6 Å². The van der Waals surface area contributed by atoms with Crippen LogP contribution in [0.3, 0.4) is 0 Å². The Bertz CT molecular complexity index is 806. The monoisotopic (exact) mass is 297 g/mol. The SMILES string of the molecule is Cc1ccc(-c2[nH]nc(N)c2-c2ccccc2Cl)cc1C. The van der Waals surface area contributed by atoms with Gasteiger partial charge in [-0.2, -0.15) is 5.10 Å². The number of halogens is 1. The molecule has 0 saturated heterocycles. The van der Waals surface area contributed by atoms with Crippen molar-refractivity contribution in [3.05, 3.63) is 58.6 Å². The first-order valence-electron chi connectivity index (χ1n) is 6.74. The molecule has 0 atom stereocenters. The normalized spacial score (nSPS) is 10.8. The summed E-state index contributed by atoms with van der Waals surface area (Å²) in [6, 6.07) is 13.9. The zero-order valence-electron chi connectivity index (χ0n) is 11.9. The van der Waals surface area contributed by atoms with Gasteiger partial charge < -0.3 is 5.73 Å². The predicted octanol–water partition coefficient (Wildman–Crippen LogP) is 4.60. The van der Waals surface area contributed by atoms with E-state index in [0.29, 0.717) is 10.8 Å². The number of nitrogens with one attached hydrogen (secondary N) is 1. The number of nitrogens with two attached hydrogens (primary N) is 1. The van der Waals surface area contributed by atoms with Gasteiger partial charge in [0.1, 0.15) is 0 Å². The van der Waals surface area contributed by atoms with E-state index in [0.717, 1.165) is 22.4 Å². The number of aryl methyl sites for hydroxylation is 2. The van der Waals surface area contributed by atoms with E-state index in [4.69, 9.17) is 17.3 Å². The second kappa shape index (κ2) is 5.26. The fourth-order valence-corrected chi connectivity index (χ4v) is 2.63. The zero-order valence-corrected chi connectivity index (χ0v) is 12.7. The van der Waals surface area contributed by atoms with Crippen molar-refractivity contribution in [2.24, 2.45) is 0 Å². The number of nitrogen functional groups attached to an aromatic ring is 1. The van der Waals surface area contributed by atoms with E-state index < -0.39 is 0 Å². The summed E-state index contributed by atoms with van der Waals surface area (Å²) in [5.41, 5.74) is 12.2. The van der Waals surface area contributed by atoms with Gasteiger partial charge in [-0.05, 0) is 37.1 Å². The summed E-state index contributed by atoms with van der Waals surface area (Å²) in [6.07, 6.45) is 0. The summed E-state index contributed by atoms with van der Waals surface area (Å²) in [5, 5.41) is 7.85. The van der Waals surface area contributed by atoms with Crippen LogP contribution in [-0.4, -0.2) is 10.2 Å². The number of hydrogen-bond donors (Lipinski definition) is 2. The zero-order chi connectivity index (χ0) is 15.0. The number of hydrogen-bond acceptors (Lipinski definition) is 2.